The van der Waals surface area contributed by atoms with Crippen molar-refractivity contribution >= 4 is 11.8 Å². The lowest BCUT2D eigenvalue weighted by molar-refractivity contribution is -0.138. The number of ether oxygens (including phenoxy) is 1. The van der Waals surface area contributed by atoms with E-state index in [0.29, 0.717) is 42.0 Å². The van der Waals surface area contributed by atoms with Crippen LogP contribution in [0.15, 0.2) is 45.1 Å². The second-order valence-corrected chi connectivity index (χ2v) is 7.52. The average molecular weight is 429 g/mol. The monoisotopic (exact) mass is 429 g/mol. The summed E-state index contributed by atoms with van der Waals surface area (Å²) in [7, 11) is 0. The summed E-state index contributed by atoms with van der Waals surface area (Å²) in [5, 5.41) is 3.12. The number of carbonyl (C=O) groups is 1. The van der Waals surface area contributed by atoms with Crippen LogP contribution in [-0.4, -0.2) is 21.7 Å². The Morgan fingerprint density at radius 3 is 2.26 bits per heavy atom. The molecule has 0 saturated heterocycles. The van der Waals surface area contributed by atoms with Gasteiger partial charge in [0.25, 0.3) is 5.56 Å². The van der Waals surface area contributed by atoms with Gasteiger partial charge < -0.3 is 10.1 Å². The Hall–Kier alpha value is -3.16. The Bertz CT molecular complexity index is 1130. The minimum absolute atomic E-state index is 0.175. The Morgan fingerprint density at radius 1 is 1.06 bits per heavy atom. The van der Waals surface area contributed by atoms with Crippen LogP contribution in [0.5, 0.6) is 0 Å². The lowest BCUT2D eigenvalue weighted by Crippen LogP contribution is -2.45. The first kappa shape index (κ1) is 22.5. The molecule has 1 unspecified atom stereocenters. The van der Waals surface area contributed by atoms with Crippen molar-refractivity contribution in [3.63, 3.8) is 0 Å². The van der Waals surface area contributed by atoms with Gasteiger partial charge >= 0.3 is 11.7 Å². The van der Waals surface area contributed by atoms with Gasteiger partial charge in [0.15, 0.2) is 0 Å². The molecular formula is C23H28FN3O4. The first-order valence-corrected chi connectivity index (χ1v) is 10.6. The van der Waals surface area contributed by atoms with E-state index in [1.54, 1.807) is 30.5 Å². The molecule has 166 valence electrons. The third-order valence-corrected chi connectivity index (χ3v) is 5.34. The molecule has 0 bridgehead atoms. The molecule has 1 aliphatic rings. The van der Waals surface area contributed by atoms with E-state index < -0.39 is 23.3 Å². The normalized spacial score (nSPS) is 15.5. The number of anilines is 1. The Balaban J connectivity index is 2.40. The molecule has 31 heavy (non-hydrogen) atoms. The minimum Gasteiger partial charge on any atom is -0.463 e. The van der Waals surface area contributed by atoms with E-state index in [9.17, 15) is 18.8 Å². The second kappa shape index (κ2) is 9.32. The van der Waals surface area contributed by atoms with Gasteiger partial charge in [0.2, 0.25) is 0 Å². The van der Waals surface area contributed by atoms with Crippen LogP contribution in [-0.2, 0) is 22.6 Å². The van der Waals surface area contributed by atoms with Crippen molar-refractivity contribution in [2.24, 2.45) is 0 Å². The Kier molecular flexibility index (Phi) is 6.77. The zero-order valence-corrected chi connectivity index (χ0v) is 18.3. The van der Waals surface area contributed by atoms with Crippen LogP contribution < -0.4 is 16.6 Å². The van der Waals surface area contributed by atoms with Gasteiger partial charge in [-0.1, -0.05) is 26.0 Å². The molecule has 1 N–H and O–H groups in total. The maximum absolute atomic E-state index is 13.6. The molecule has 0 spiro atoms. The highest BCUT2D eigenvalue weighted by Gasteiger charge is 2.37. The number of rotatable bonds is 7. The van der Waals surface area contributed by atoms with Crippen LogP contribution in [0.2, 0.25) is 0 Å². The van der Waals surface area contributed by atoms with Crippen molar-refractivity contribution < 1.29 is 13.9 Å². The molecule has 3 rings (SSSR count). The fourth-order valence-electron chi connectivity index (χ4n) is 4.04. The number of hydrogen-bond donors (Lipinski definition) is 1. The number of nitrogens with zero attached hydrogens (tertiary/aromatic N) is 2. The second-order valence-electron chi connectivity index (χ2n) is 7.52. The number of allylic oxidation sites excluding steroid dienone is 1. The van der Waals surface area contributed by atoms with E-state index >= 15 is 0 Å². The van der Waals surface area contributed by atoms with Gasteiger partial charge in [0.1, 0.15) is 11.6 Å². The van der Waals surface area contributed by atoms with Crippen molar-refractivity contribution in [1.29, 1.82) is 0 Å². The zero-order chi connectivity index (χ0) is 22.7. The average Bonchev–Trinajstić information content (AvgIpc) is 2.74. The zero-order valence-electron chi connectivity index (χ0n) is 18.3. The number of halogens is 1. The highest BCUT2D eigenvalue weighted by Crippen LogP contribution is 2.40. The maximum atomic E-state index is 13.6. The molecule has 8 heteroatoms. The van der Waals surface area contributed by atoms with Crippen molar-refractivity contribution in [3.8, 4) is 0 Å². The van der Waals surface area contributed by atoms with E-state index in [-0.39, 0.29) is 24.4 Å². The third kappa shape index (κ3) is 4.06. The number of benzene rings is 1. The van der Waals surface area contributed by atoms with Gasteiger partial charge in [-0.25, -0.2) is 14.0 Å². The molecule has 7 nitrogen and oxygen atoms in total. The summed E-state index contributed by atoms with van der Waals surface area (Å²) >= 11 is 0. The first-order valence-electron chi connectivity index (χ1n) is 10.6. The van der Waals surface area contributed by atoms with Crippen molar-refractivity contribution in [1.82, 2.24) is 9.13 Å². The summed E-state index contributed by atoms with van der Waals surface area (Å²) in [4.78, 5) is 39.5. The summed E-state index contributed by atoms with van der Waals surface area (Å²) in [6.07, 6.45) is 1.29. The number of carbonyl (C=O) groups excluding carboxylic acids is 1. The summed E-state index contributed by atoms with van der Waals surface area (Å²) in [6.45, 7) is 8.11. The number of nitrogens with one attached hydrogen (secondary N) is 1. The molecule has 1 aliphatic heterocycles. The van der Waals surface area contributed by atoms with Crippen molar-refractivity contribution in [3.05, 3.63) is 73.3 Å². The lowest BCUT2D eigenvalue weighted by atomic mass is 9.82. The molecule has 0 aliphatic carbocycles. The highest BCUT2D eigenvalue weighted by molar-refractivity contribution is 5.94. The van der Waals surface area contributed by atoms with Crippen LogP contribution in [0, 0.1) is 5.82 Å². The van der Waals surface area contributed by atoms with Crippen molar-refractivity contribution in [2.45, 2.75) is 59.5 Å². The Labute approximate surface area is 180 Å². The summed E-state index contributed by atoms with van der Waals surface area (Å²) < 4.78 is 21.7. The summed E-state index contributed by atoms with van der Waals surface area (Å²) in [5.74, 6) is -1.38. The molecule has 1 aromatic carbocycles. The molecule has 1 atom stereocenters. The van der Waals surface area contributed by atoms with Gasteiger partial charge in [-0.2, -0.15) is 0 Å². The minimum atomic E-state index is -0.782. The molecule has 2 heterocycles. The largest absolute Gasteiger partial charge is 0.463 e. The summed E-state index contributed by atoms with van der Waals surface area (Å²) in [6, 6.07) is 5.70. The number of aromatic nitrogens is 2. The number of fused-ring (bicyclic) bond motifs is 1. The molecule has 1 aromatic heterocycles. The third-order valence-electron chi connectivity index (χ3n) is 5.34. The quantitative estimate of drug-likeness (QED) is 0.683. The van der Waals surface area contributed by atoms with Crippen LogP contribution in [0.4, 0.5) is 10.2 Å². The predicted octanol–water partition coefficient (Wildman–Crippen LogP) is 3.36. The SMILES string of the molecule is CCCn1c2c(c(=O)n(CCC)c1=O)C(c1ccc(F)cc1)C(C(=O)OCC)=C(C)N2. The van der Waals surface area contributed by atoms with Crippen LogP contribution in [0.1, 0.15) is 57.6 Å². The van der Waals surface area contributed by atoms with E-state index in [4.69, 9.17) is 4.74 Å². The predicted molar refractivity (Wildman–Crippen MR) is 117 cm³/mol. The lowest BCUT2D eigenvalue weighted by Gasteiger charge is -2.31. The fraction of sp³-hybridized carbons (Fsp3) is 0.435. The Morgan fingerprint density at radius 2 is 1.68 bits per heavy atom. The molecule has 0 saturated carbocycles. The van der Waals surface area contributed by atoms with Gasteiger partial charge in [-0.3, -0.25) is 13.9 Å². The molecule has 0 radical (unpaired) electrons. The standard InChI is InChI=1S/C23H28FN3O4/c1-5-12-26-20-19(21(28)27(13-6-2)23(26)30)18(15-8-10-16(24)11-9-15)17(14(4)25-20)22(29)31-7-3/h8-11,18,25H,5-7,12-13H2,1-4H3. The number of esters is 1. The first-order chi connectivity index (χ1) is 14.8. The van der Waals surface area contributed by atoms with Gasteiger partial charge in [0.05, 0.1) is 23.7 Å². The van der Waals surface area contributed by atoms with Gasteiger partial charge in [-0.15, -0.1) is 0 Å². The van der Waals surface area contributed by atoms with Crippen LogP contribution >= 0.6 is 0 Å². The van der Waals surface area contributed by atoms with E-state index in [2.05, 4.69) is 5.32 Å². The molecule has 0 fully saturated rings. The van der Waals surface area contributed by atoms with Crippen molar-refractivity contribution in [2.75, 3.05) is 11.9 Å². The highest BCUT2D eigenvalue weighted by atomic mass is 19.1. The van der Waals surface area contributed by atoms with Crippen LogP contribution in [0.3, 0.4) is 0 Å². The molecular weight excluding hydrogens is 401 g/mol. The van der Waals surface area contributed by atoms with Gasteiger partial charge in [0, 0.05) is 18.8 Å². The molecule has 2 aromatic rings. The van der Waals surface area contributed by atoms with E-state index in [1.807, 2.05) is 13.8 Å². The van der Waals surface area contributed by atoms with E-state index in [0.717, 1.165) is 0 Å². The topological polar surface area (TPSA) is 82.3 Å². The molecule has 0 amide bonds. The van der Waals surface area contributed by atoms with Crippen LogP contribution in [0.25, 0.3) is 0 Å². The van der Waals surface area contributed by atoms with E-state index in [1.165, 1.54) is 16.7 Å². The smallest absolute Gasteiger partial charge is 0.336 e. The fourth-order valence-corrected chi connectivity index (χ4v) is 4.04. The van der Waals surface area contributed by atoms with Gasteiger partial charge in [-0.05, 0) is 44.4 Å². The number of hydrogen-bond acceptors (Lipinski definition) is 5. The summed E-state index contributed by atoms with van der Waals surface area (Å²) in [5.41, 5.74) is 0.811. The maximum Gasteiger partial charge on any atom is 0.336 e.